The van der Waals surface area contributed by atoms with E-state index in [-0.39, 0.29) is 5.54 Å². The lowest BCUT2D eigenvalue weighted by molar-refractivity contribution is 0.0434. The van der Waals surface area contributed by atoms with Gasteiger partial charge in [-0.3, -0.25) is 0 Å². The van der Waals surface area contributed by atoms with Gasteiger partial charge in [0, 0.05) is 19.2 Å². The van der Waals surface area contributed by atoms with E-state index in [0.29, 0.717) is 6.10 Å². The van der Waals surface area contributed by atoms with Gasteiger partial charge in [0.15, 0.2) is 0 Å². The molecule has 88 valence electrons. The molecule has 0 aromatic carbocycles. The Bertz CT molecular complexity index is 186. The first-order valence-corrected chi connectivity index (χ1v) is 5.85. The van der Waals surface area contributed by atoms with Gasteiger partial charge in [0.05, 0.1) is 6.10 Å². The van der Waals surface area contributed by atoms with Crippen LogP contribution in [-0.2, 0) is 4.74 Å². The molecule has 0 radical (unpaired) electrons. The van der Waals surface area contributed by atoms with Crippen molar-refractivity contribution in [2.24, 2.45) is 5.73 Å². The number of nitrogens with one attached hydrogen (secondary N) is 1. The fourth-order valence-corrected chi connectivity index (χ4v) is 2.27. The topological polar surface area (TPSA) is 47.3 Å². The van der Waals surface area contributed by atoms with Gasteiger partial charge in [-0.05, 0) is 38.6 Å². The van der Waals surface area contributed by atoms with E-state index < -0.39 is 0 Å². The minimum absolute atomic E-state index is 0.151. The van der Waals surface area contributed by atoms with Crippen molar-refractivity contribution in [1.29, 1.82) is 0 Å². The van der Waals surface area contributed by atoms with Gasteiger partial charge in [-0.15, -0.1) is 6.58 Å². The second-order valence-electron chi connectivity index (χ2n) is 4.42. The average Bonchev–Trinajstić information content (AvgIpc) is 2.30. The average molecular weight is 212 g/mol. The number of nitrogens with two attached hydrogens (primary N) is 1. The van der Waals surface area contributed by atoms with Crippen molar-refractivity contribution in [3.05, 3.63) is 12.7 Å². The van der Waals surface area contributed by atoms with Crippen molar-refractivity contribution >= 4 is 0 Å². The predicted molar refractivity (Wildman–Crippen MR) is 63.9 cm³/mol. The third-order valence-electron chi connectivity index (χ3n) is 3.46. The Hall–Kier alpha value is -0.380. The van der Waals surface area contributed by atoms with Crippen LogP contribution < -0.4 is 11.1 Å². The first-order chi connectivity index (χ1) is 7.26. The maximum Gasteiger partial charge on any atom is 0.0572 e. The van der Waals surface area contributed by atoms with Crippen LogP contribution in [0, 0.1) is 0 Å². The van der Waals surface area contributed by atoms with Crippen molar-refractivity contribution in [2.75, 3.05) is 20.2 Å². The van der Waals surface area contributed by atoms with Gasteiger partial charge < -0.3 is 15.8 Å². The van der Waals surface area contributed by atoms with Crippen molar-refractivity contribution < 1.29 is 4.74 Å². The molecule has 3 N–H and O–H groups in total. The highest BCUT2D eigenvalue weighted by Crippen LogP contribution is 2.28. The zero-order chi connectivity index (χ0) is 11.1. The quantitative estimate of drug-likeness (QED) is 0.517. The van der Waals surface area contributed by atoms with Crippen LogP contribution in [0.5, 0.6) is 0 Å². The molecule has 3 nitrogen and oxygen atoms in total. The minimum atomic E-state index is 0.151. The van der Waals surface area contributed by atoms with E-state index in [4.69, 9.17) is 10.5 Å². The molecule has 0 aliphatic heterocycles. The van der Waals surface area contributed by atoms with Gasteiger partial charge in [0.25, 0.3) is 0 Å². The Morgan fingerprint density at radius 1 is 1.53 bits per heavy atom. The normalized spacial score (nSPS) is 31.5. The van der Waals surface area contributed by atoms with Gasteiger partial charge in [-0.2, -0.15) is 0 Å². The van der Waals surface area contributed by atoms with Crippen LogP contribution in [0.4, 0.5) is 0 Å². The molecular formula is C12H24N2O. The van der Waals surface area contributed by atoms with Gasteiger partial charge in [-0.1, -0.05) is 6.08 Å². The van der Waals surface area contributed by atoms with Gasteiger partial charge in [-0.25, -0.2) is 0 Å². The largest absolute Gasteiger partial charge is 0.381 e. The monoisotopic (exact) mass is 212 g/mol. The predicted octanol–water partition coefficient (Wildman–Crippen LogP) is 1.44. The molecule has 1 aliphatic carbocycles. The lowest BCUT2D eigenvalue weighted by atomic mass is 9.80. The molecule has 0 unspecified atom stereocenters. The molecule has 0 atom stereocenters. The Balaban J connectivity index is 2.37. The SMILES string of the molecule is C=CCCNC1(CN)CCC(OC)CC1. The van der Waals surface area contributed by atoms with E-state index in [1.807, 2.05) is 6.08 Å². The highest BCUT2D eigenvalue weighted by Gasteiger charge is 2.33. The molecule has 0 aromatic heterocycles. The summed E-state index contributed by atoms with van der Waals surface area (Å²) in [7, 11) is 1.80. The summed E-state index contributed by atoms with van der Waals surface area (Å²) in [6, 6.07) is 0. The van der Waals surface area contributed by atoms with Gasteiger partial charge >= 0.3 is 0 Å². The first-order valence-electron chi connectivity index (χ1n) is 5.85. The van der Waals surface area contributed by atoms with E-state index in [1.165, 1.54) is 0 Å². The molecule has 1 fully saturated rings. The molecule has 1 rings (SSSR count). The van der Waals surface area contributed by atoms with Crippen LogP contribution in [-0.4, -0.2) is 31.8 Å². The number of hydrogen-bond acceptors (Lipinski definition) is 3. The summed E-state index contributed by atoms with van der Waals surface area (Å²) in [5.41, 5.74) is 6.03. The van der Waals surface area contributed by atoms with E-state index >= 15 is 0 Å². The van der Waals surface area contributed by atoms with E-state index in [1.54, 1.807) is 7.11 Å². The fraction of sp³-hybridized carbons (Fsp3) is 0.833. The zero-order valence-electron chi connectivity index (χ0n) is 9.80. The van der Waals surface area contributed by atoms with Crippen LogP contribution in [0.1, 0.15) is 32.1 Å². The second kappa shape index (κ2) is 6.26. The highest BCUT2D eigenvalue weighted by molar-refractivity contribution is 4.94. The number of ether oxygens (including phenoxy) is 1. The van der Waals surface area contributed by atoms with Crippen molar-refractivity contribution in [1.82, 2.24) is 5.32 Å². The molecule has 3 heteroatoms. The van der Waals surface area contributed by atoms with Crippen molar-refractivity contribution in [3.8, 4) is 0 Å². The summed E-state index contributed by atoms with van der Waals surface area (Å²) in [4.78, 5) is 0. The smallest absolute Gasteiger partial charge is 0.0572 e. The number of hydrogen-bond donors (Lipinski definition) is 2. The van der Waals surface area contributed by atoms with Gasteiger partial charge in [0.1, 0.15) is 0 Å². The first kappa shape index (κ1) is 12.7. The van der Waals surface area contributed by atoms with E-state index in [9.17, 15) is 0 Å². The summed E-state index contributed by atoms with van der Waals surface area (Å²) in [5.74, 6) is 0. The lowest BCUT2D eigenvalue weighted by Gasteiger charge is -2.40. The molecule has 1 saturated carbocycles. The molecule has 1 aliphatic rings. The molecule has 0 spiro atoms. The van der Waals surface area contributed by atoms with Crippen LogP contribution in [0.25, 0.3) is 0 Å². The maximum atomic E-state index is 5.88. The number of rotatable bonds is 6. The Morgan fingerprint density at radius 2 is 2.20 bits per heavy atom. The fourth-order valence-electron chi connectivity index (χ4n) is 2.27. The van der Waals surface area contributed by atoms with Crippen LogP contribution in [0.15, 0.2) is 12.7 Å². The standard InChI is InChI=1S/C12H24N2O/c1-3-4-9-14-12(10-13)7-5-11(15-2)6-8-12/h3,11,14H,1,4-10,13H2,2H3. The Labute approximate surface area is 93.1 Å². The second-order valence-corrected chi connectivity index (χ2v) is 4.42. The molecule has 0 heterocycles. The zero-order valence-corrected chi connectivity index (χ0v) is 9.80. The Kier molecular flexibility index (Phi) is 5.29. The van der Waals surface area contributed by atoms with Crippen LogP contribution >= 0.6 is 0 Å². The third-order valence-corrected chi connectivity index (χ3v) is 3.46. The Morgan fingerprint density at radius 3 is 2.67 bits per heavy atom. The summed E-state index contributed by atoms with van der Waals surface area (Å²) >= 11 is 0. The highest BCUT2D eigenvalue weighted by atomic mass is 16.5. The van der Waals surface area contributed by atoms with E-state index in [0.717, 1.165) is 45.2 Å². The summed E-state index contributed by atoms with van der Waals surface area (Å²) in [5, 5.41) is 3.58. The van der Waals surface area contributed by atoms with E-state index in [2.05, 4.69) is 11.9 Å². The molecule has 0 saturated heterocycles. The molecule has 0 aromatic rings. The summed E-state index contributed by atoms with van der Waals surface area (Å²) < 4.78 is 5.37. The molecule has 0 amide bonds. The molecule has 15 heavy (non-hydrogen) atoms. The van der Waals surface area contributed by atoms with Crippen molar-refractivity contribution in [2.45, 2.75) is 43.7 Å². The van der Waals surface area contributed by atoms with Crippen LogP contribution in [0.3, 0.4) is 0 Å². The van der Waals surface area contributed by atoms with Crippen molar-refractivity contribution in [3.63, 3.8) is 0 Å². The van der Waals surface area contributed by atoms with Crippen LogP contribution in [0.2, 0.25) is 0 Å². The summed E-state index contributed by atoms with van der Waals surface area (Å²) in [6.07, 6.45) is 7.88. The third kappa shape index (κ3) is 3.59. The van der Waals surface area contributed by atoms with Gasteiger partial charge in [0.2, 0.25) is 0 Å². The maximum absolute atomic E-state index is 5.88. The summed E-state index contributed by atoms with van der Waals surface area (Å²) in [6.45, 7) is 5.43. The molecular weight excluding hydrogens is 188 g/mol. The minimum Gasteiger partial charge on any atom is -0.381 e. The number of methoxy groups -OCH3 is 1. The lowest BCUT2D eigenvalue weighted by Crippen LogP contribution is -2.54. The molecule has 0 bridgehead atoms.